The van der Waals surface area contributed by atoms with Crippen molar-refractivity contribution < 1.29 is 9.90 Å². The maximum absolute atomic E-state index is 11.0. The normalized spacial score (nSPS) is 18.8. The number of carbonyl (C=O) groups is 1. The Bertz CT molecular complexity index is 612. The summed E-state index contributed by atoms with van der Waals surface area (Å²) < 4.78 is 2.27. The third-order valence-electron chi connectivity index (χ3n) is 4.02. The van der Waals surface area contributed by atoms with Crippen molar-refractivity contribution in [2.24, 2.45) is 0 Å². The molecule has 1 aromatic carbocycles. The molecule has 0 amide bonds. The predicted octanol–water partition coefficient (Wildman–Crippen LogP) is 3.30. The van der Waals surface area contributed by atoms with Gasteiger partial charge in [-0.15, -0.1) is 0 Å². The van der Waals surface area contributed by atoms with E-state index >= 15 is 0 Å². The molecule has 0 spiro atoms. The van der Waals surface area contributed by atoms with Crippen molar-refractivity contribution in [2.75, 3.05) is 0 Å². The molecule has 0 bridgehead atoms. The third-order valence-corrected chi connectivity index (χ3v) is 4.02. The van der Waals surface area contributed by atoms with Gasteiger partial charge in [-0.1, -0.05) is 18.2 Å². The molecule has 1 atom stereocenters. The number of aromatic nitrogens is 1. The summed E-state index contributed by atoms with van der Waals surface area (Å²) in [6.45, 7) is 2.15. The number of benzene rings is 1. The van der Waals surface area contributed by atoms with Crippen molar-refractivity contribution in [2.45, 2.75) is 38.6 Å². The van der Waals surface area contributed by atoms with Crippen LogP contribution in [0.25, 0.3) is 10.9 Å². The van der Waals surface area contributed by atoms with Gasteiger partial charge in [-0.3, -0.25) is 4.79 Å². The first-order valence-corrected chi connectivity index (χ1v) is 6.48. The van der Waals surface area contributed by atoms with Crippen LogP contribution in [0.5, 0.6) is 0 Å². The molecule has 18 heavy (non-hydrogen) atoms. The minimum Gasteiger partial charge on any atom is -0.481 e. The summed E-state index contributed by atoms with van der Waals surface area (Å²) in [6, 6.07) is 8.43. The standard InChI is InChI=1S/C15H17NO2/c1-10-12-6-2-3-7-14(12)16-11(9-15(17)18)5-4-8-13(10)16/h2-3,6-7,11H,4-5,8-9H2,1H3,(H,17,18). The van der Waals surface area contributed by atoms with E-state index in [1.165, 1.54) is 22.2 Å². The minimum atomic E-state index is -0.705. The number of rotatable bonds is 2. The van der Waals surface area contributed by atoms with E-state index in [2.05, 4.69) is 23.6 Å². The summed E-state index contributed by atoms with van der Waals surface area (Å²) >= 11 is 0. The maximum Gasteiger partial charge on any atom is 0.305 e. The Morgan fingerprint density at radius 1 is 1.44 bits per heavy atom. The molecule has 2 heterocycles. The van der Waals surface area contributed by atoms with Gasteiger partial charge in [0, 0.05) is 22.6 Å². The molecule has 2 aromatic rings. The van der Waals surface area contributed by atoms with Crippen LogP contribution in [0.4, 0.5) is 0 Å². The quantitative estimate of drug-likeness (QED) is 0.879. The van der Waals surface area contributed by atoms with Crippen LogP contribution in [-0.4, -0.2) is 15.6 Å². The van der Waals surface area contributed by atoms with Crippen LogP contribution in [0, 0.1) is 6.92 Å². The molecule has 94 valence electrons. The van der Waals surface area contributed by atoms with Gasteiger partial charge in [0.2, 0.25) is 0 Å². The fourth-order valence-corrected chi connectivity index (χ4v) is 3.24. The van der Waals surface area contributed by atoms with Gasteiger partial charge in [-0.05, 0) is 37.8 Å². The lowest BCUT2D eigenvalue weighted by molar-refractivity contribution is -0.138. The molecule has 3 heteroatoms. The Morgan fingerprint density at radius 3 is 3.00 bits per heavy atom. The highest BCUT2D eigenvalue weighted by Crippen LogP contribution is 2.36. The van der Waals surface area contributed by atoms with Gasteiger partial charge in [-0.2, -0.15) is 0 Å². The SMILES string of the molecule is Cc1c2n(c3ccccc13)C(CC(=O)O)CCC2. The predicted molar refractivity (Wildman–Crippen MR) is 70.9 cm³/mol. The van der Waals surface area contributed by atoms with Crippen LogP contribution in [-0.2, 0) is 11.2 Å². The van der Waals surface area contributed by atoms with E-state index in [9.17, 15) is 4.79 Å². The monoisotopic (exact) mass is 243 g/mol. The van der Waals surface area contributed by atoms with E-state index in [1.807, 2.05) is 12.1 Å². The number of para-hydroxylation sites is 1. The smallest absolute Gasteiger partial charge is 0.305 e. The first-order valence-electron chi connectivity index (χ1n) is 6.48. The Labute approximate surface area is 106 Å². The second-order valence-electron chi connectivity index (χ2n) is 5.10. The number of hydrogen-bond donors (Lipinski definition) is 1. The van der Waals surface area contributed by atoms with Crippen molar-refractivity contribution in [1.82, 2.24) is 4.57 Å². The molecule has 0 aliphatic carbocycles. The maximum atomic E-state index is 11.0. The second kappa shape index (κ2) is 4.16. The zero-order valence-electron chi connectivity index (χ0n) is 10.5. The van der Waals surface area contributed by atoms with E-state index in [1.54, 1.807) is 0 Å². The van der Waals surface area contributed by atoms with Crippen molar-refractivity contribution in [3.63, 3.8) is 0 Å². The highest BCUT2D eigenvalue weighted by atomic mass is 16.4. The number of aliphatic carboxylic acids is 1. The molecule has 3 nitrogen and oxygen atoms in total. The average molecular weight is 243 g/mol. The van der Waals surface area contributed by atoms with Gasteiger partial charge in [0.1, 0.15) is 0 Å². The van der Waals surface area contributed by atoms with E-state index < -0.39 is 5.97 Å². The lowest BCUT2D eigenvalue weighted by Gasteiger charge is -2.26. The first kappa shape index (κ1) is 11.3. The Hall–Kier alpha value is -1.77. The average Bonchev–Trinajstić information content (AvgIpc) is 2.65. The van der Waals surface area contributed by atoms with Gasteiger partial charge in [-0.25, -0.2) is 0 Å². The van der Waals surface area contributed by atoms with Gasteiger partial charge < -0.3 is 9.67 Å². The molecule has 0 saturated heterocycles. The van der Waals surface area contributed by atoms with Gasteiger partial charge in [0.25, 0.3) is 0 Å². The Kier molecular flexibility index (Phi) is 2.62. The molecule has 1 N–H and O–H groups in total. The van der Waals surface area contributed by atoms with Crippen LogP contribution >= 0.6 is 0 Å². The molecule has 3 rings (SSSR count). The molecule has 1 aliphatic heterocycles. The van der Waals surface area contributed by atoms with Gasteiger partial charge >= 0.3 is 5.97 Å². The van der Waals surface area contributed by atoms with Gasteiger partial charge in [0.05, 0.1) is 6.42 Å². The van der Waals surface area contributed by atoms with E-state index in [0.717, 1.165) is 19.3 Å². The summed E-state index contributed by atoms with van der Waals surface area (Å²) in [4.78, 5) is 11.0. The Morgan fingerprint density at radius 2 is 2.22 bits per heavy atom. The third kappa shape index (κ3) is 1.62. The first-order chi connectivity index (χ1) is 8.68. The summed E-state index contributed by atoms with van der Waals surface area (Å²) in [6.07, 6.45) is 3.36. The summed E-state index contributed by atoms with van der Waals surface area (Å²) in [7, 11) is 0. The number of fused-ring (bicyclic) bond motifs is 3. The summed E-state index contributed by atoms with van der Waals surface area (Å²) in [5.74, 6) is -0.705. The van der Waals surface area contributed by atoms with E-state index in [4.69, 9.17) is 5.11 Å². The van der Waals surface area contributed by atoms with Crippen molar-refractivity contribution in [3.8, 4) is 0 Å². The molecule has 0 radical (unpaired) electrons. The molecule has 1 unspecified atom stereocenters. The number of carboxylic acid groups (broad SMARTS) is 1. The summed E-state index contributed by atoms with van der Waals surface area (Å²) in [5, 5.41) is 10.3. The molecular formula is C15H17NO2. The molecular weight excluding hydrogens is 226 g/mol. The van der Waals surface area contributed by atoms with Crippen molar-refractivity contribution >= 4 is 16.9 Å². The topological polar surface area (TPSA) is 42.2 Å². The van der Waals surface area contributed by atoms with Crippen LogP contribution < -0.4 is 0 Å². The second-order valence-corrected chi connectivity index (χ2v) is 5.10. The lowest BCUT2D eigenvalue weighted by Crippen LogP contribution is -2.20. The van der Waals surface area contributed by atoms with Crippen LogP contribution in [0.3, 0.4) is 0 Å². The molecule has 1 aromatic heterocycles. The highest BCUT2D eigenvalue weighted by molar-refractivity contribution is 5.85. The minimum absolute atomic E-state index is 0.116. The van der Waals surface area contributed by atoms with Crippen molar-refractivity contribution in [3.05, 3.63) is 35.5 Å². The molecule has 0 fully saturated rings. The van der Waals surface area contributed by atoms with E-state index in [0.29, 0.717) is 0 Å². The molecule has 0 saturated carbocycles. The van der Waals surface area contributed by atoms with Crippen molar-refractivity contribution in [1.29, 1.82) is 0 Å². The van der Waals surface area contributed by atoms with Crippen LogP contribution in [0.15, 0.2) is 24.3 Å². The number of aryl methyl sites for hydroxylation is 1. The Balaban J connectivity index is 2.21. The van der Waals surface area contributed by atoms with Gasteiger partial charge in [0.15, 0.2) is 0 Å². The number of carboxylic acids is 1. The fourth-order valence-electron chi connectivity index (χ4n) is 3.24. The number of hydrogen-bond acceptors (Lipinski definition) is 1. The van der Waals surface area contributed by atoms with Crippen LogP contribution in [0.1, 0.15) is 36.6 Å². The molecule has 1 aliphatic rings. The fraction of sp³-hybridized carbons (Fsp3) is 0.400. The lowest BCUT2D eigenvalue weighted by atomic mass is 9.99. The van der Waals surface area contributed by atoms with Crippen LogP contribution in [0.2, 0.25) is 0 Å². The number of nitrogens with zero attached hydrogens (tertiary/aromatic N) is 1. The van der Waals surface area contributed by atoms with E-state index in [-0.39, 0.29) is 12.5 Å². The highest BCUT2D eigenvalue weighted by Gasteiger charge is 2.25. The summed E-state index contributed by atoms with van der Waals surface area (Å²) in [5.41, 5.74) is 3.84. The zero-order chi connectivity index (χ0) is 12.7. The largest absolute Gasteiger partial charge is 0.481 e. The zero-order valence-corrected chi connectivity index (χ0v) is 10.5.